The van der Waals surface area contributed by atoms with E-state index in [9.17, 15) is 18.4 Å². The van der Waals surface area contributed by atoms with Crippen molar-refractivity contribution >= 4 is 75.4 Å². The van der Waals surface area contributed by atoms with Crippen molar-refractivity contribution in [3.8, 4) is 0 Å². The number of amides is 1. The van der Waals surface area contributed by atoms with Gasteiger partial charge in [-0.25, -0.2) is 8.78 Å². The molecule has 1 aliphatic rings. The number of hydrogen-bond donors (Lipinski definition) is 1. The Labute approximate surface area is 202 Å². The largest absolute Gasteiger partial charge is 0.326 e. The summed E-state index contributed by atoms with van der Waals surface area (Å²) >= 11 is 29.9. The monoisotopic (exact) mass is 527 g/mol. The first kappa shape index (κ1) is 24.5. The van der Waals surface area contributed by atoms with E-state index in [4.69, 9.17) is 58.0 Å². The molecule has 166 valence electrons. The summed E-state index contributed by atoms with van der Waals surface area (Å²) in [7, 11) is 0. The zero-order valence-corrected chi connectivity index (χ0v) is 19.6. The second kappa shape index (κ2) is 9.80. The molecule has 2 aromatic rings. The van der Waals surface area contributed by atoms with Gasteiger partial charge in [0.15, 0.2) is 11.6 Å². The van der Waals surface area contributed by atoms with Crippen molar-refractivity contribution in [2.24, 2.45) is 5.92 Å². The minimum Gasteiger partial charge on any atom is -0.326 e. The molecule has 2 unspecified atom stereocenters. The van der Waals surface area contributed by atoms with Crippen LogP contribution in [-0.2, 0) is 4.79 Å². The summed E-state index contributed by atoms with van der Waals surface area (Å²) in [6.07, 6.45) is 1.21. The lowest BCUT2D eigenvalue weighted by atomic mass is 10.0. The molecule has 0 saturated heterocycles. The lowest BCUT2D eigenvalue weighted by Gasteiger charge is -2.10. The summed E-state index contributed by atoms with van der Waals surface area (Å²) < 4.78 is 26.3. The zero-order chi connectivity index (χ0) is 22.9. The Morgan fingerprint density at radius 1 is 1.03 bits per heavy atom. The van der Waals surface area contributed by atoms with Crippen molar-refractivity contribution < 1.29 is 18.4 Å². The molecule has 0 spiro atoms. The Kier molecular flexibility index (Phi) is 7.75. The van der Waals surface area contributed by atoms with Crippen LogP contribution in [0.2, 0.25) is 10.0 Å². The lowest BCUT2D eigenvalue weighted by Crippen LogP contribution is -2.18. The Balaban J connectivity index is 1.78. The summed E-state index contributed by atoms with van der Waals surface area (Å²) in [4.78, 5) is 25.1. The molecule has 1 aliphatic carbocycles. The van der Waals surface area contributed by atoms with Crippen LogP contribution in [0.1, 0.15) is 41.1 Å². The van der Waals surface area contributed by atoms with E-state index in [0.717, 1.165) is 6.07 Å². The van der Waals surface area contributed by atoms with Gasteiger partial charge in [-0.2, -0.15) is 0 Å². The fourth-order valence-corrected chi connectivity index (χ4v) is 4.80. The number of hydrogen-bond acceptors (Lipinski definition) is 2. The molecule has 10 heteroatoms. The zero-order valence-electron chi connectivity index (χ0n) is 15.8. The van der Waals surface area contributed by atoms with Crippen molar-refractivity contribution in [2.45, 2.75) is 29.5 Å². The number of halogens is 7. The summed E-state index contributed by atoms with van der Waals surface area (Å²) in [6.45, 7) is 0. The second-order valence-electron chi connectivity index (χ2n) is 7.18. The SMILES string of the molecule is O=C(CCCCCl)c1cc(NC(=O)C2C(c3ccc(F)c(Cl)c3)C2(Cl)Cl)cc(Cl)c1F. The lowest BCUT2D eigenvalue weighted by molar-refractivity contribution is -0.117. The van der Waals surface area contributed by atoms with Gasteiger partial charge in [-0.15, -0.1) is 34.8 Å². The minimum absolute atomic E-state index is 0.0971. The van der Waals surface area contributed by atoms with E-state index in [1.54, 1.807) is 0 Å². The quantitative estimate of drug-likeness (QED) is 0.220. The van der Waals surface area contributed by atoms with Crippen LogP contribution in [0.15, 0.2) is 30.3 Å². The Morgan fingerprint density at radius 3 is 2.39 bits per heavy atom. The van der Waals surface area contributed by atoms with Gasteiger partial charge in [-0.3, -0.25) is 9.59 Å². The first-order valence-electron chi connectivity index (χ1n) is 9.29. The van der Waals surface area contributed by atoms with E-state index >= 15 is 0 Å². The Bertz CT molecular complexity index is 1030. The number of benzene rings is 2. The number of alkyl halides is 3. The first-order valence-corrected chi connectivity index (χ1v) is 11.3. The van der Waals surface area contributed by atoms with E-state index in [1.165, 1.54) is 24.3 Å². The van der Waals surface area contributed by atoms with Crippen LogP contribution in [0, 0.1) is 17.6 Å². The predicted molar refractivity (Wildman–Crippen MR) is 121 cm³/mol. The molecule has 0 aromatic heterocycles. The number of unbranched alkanes of at least 4 members (excludes halogenated alkanes) is 1. The van der Waals surface area contributed by atoms with Gasteiger partial charge in [0.05, 0.1) is 21.5 Å². The summed E-state index contributed by atoms with van der Waals surface area (Å²) in [5, 5.41) is 2.15. The third-order valence-corrected chi connectivity index (χ3v) is 6.79. The number of ketones is 1. The molecule has 1 fully saturated rings. The molecule has 0 bridgehead atoms. The van der Waals surface area contributed by atoms with Crippen LogP contribution in [0.4, 0.5) is 14.5 Å². The van der Waals surface area contributed by atoms with E-state index in [2.05, 4.69) is 5.32 Å². The fraction of sp³-hybridized carbons (Fsp3) is 0.333. The Hall–Kier alpha value is -1.11. The molecule has 1 amide bonds. The van der Waals surface area contributed by atoms with Gasteiger partial charge in [-0.05, 0) is 42.7 Å². The van der Waals surface area contributed by atoms with Gasteiger partial charge in [0.1, 0.15) is 10.2 Å². The third-order valence-electron chi connectivity index (χ3n) is 5.02. The van der Waals surface area contributed by atoms with Crippen molar-refractivity contribution in [2.75, 3.05) is 11.2 Å². The van der Waals surface area contributed by atoms with Crippen LogP contribution in [0.5, 0.6) is 0 Å². The third kappa shape index (κ3) is 5.28. The second-order valence-corrected chi connectivity index (χ2v) is 9.82. The summed E-state index contributed by atoms with van der Waals surface area (Å²) in [5.41, 5.74) is 0.408. The average Bonchev–Trinajstić information content (AvgIpc) is 3.28. The van der Waals surface area contributed by atoms with E-state index < -0.39 is 39.5 Å². The van der Waals surface area contributed by atoms with Crippen LogP contribution in [-0.4, -0.2) is 21.9 Å². The van der Waals surface area contributed by atoms with Crippen LogP contribution in [0.25, 0.3) is 0 Å². The fourth-order valence-electron chi connectivity index (χ4n) is 3.37. The van der Waals surface area contributed by atoms with Gasteiger partial charge in [0, 0.05) is 23.9 Å². The van der Waals surface area contributed by atoms with Crippen LogP contribution < -0.4 is 5.32 Å². The molecular weight excluding hydrogens is 513 g/mol. The predicted octanol–water partition coefficient (Wildman–Crippen LogP) is 7.39. The smallest absolute Gasteiger partial charge is 0.231 e. The van der Waals surface area contributed by atoms with Gasteiger partial charge in [0.25, 0.3) is 0 Å². The molecule has 2 atom stereocenters. The van der Waals surface area contributed by atoms with E-state index in [-0.39, 0.29) is 27.7 Å². The van der Waals surface area contributed by atoms with E-state index in [1.807, 2.05) is 0 Å². The summed E-state index contributed by atoms with van der Waals surface area (Å²) in [6, 6.07) is 6.39. The van der Waals surface area contributed by atoms with Gasteiger partial charge in [-0.1, -0.05) is 29.3 Å². The number of nitrogens with one attached hydrogen (secondary N) is 1. The number of Topliss-reactive ketones (excluding diaryl/α,β-unsaturated/α-hetero) is 1. The Morgan fingerprint density at radius 2 is 1.74 bits per heavy atom. The number of carbonyl (C=O) groups is 2. The van der Waals surface area contributed by atoms with Crippen molar-refractivity contribution in [1.29, 1.82) is 0 Å². The normalized spacial score (nSPS) is 19.2. The van der Waals surface area contributed by atoms with Gasteiger partial charge in [0.2, 0.25) is 5.91 Å². The topological polar surface area (TPSA) is 46.2 Å². The van der Waals surface area contributed by atoms with Crippen molar-refractivity contribution in [1.82, 2.24) is 0 Å². The number of rotatable bonds is 8. The molecule has 1 saturated carbocycles. The van der Waals surface area contributed by atoms with Crippen molar-refractivity contribution in [3.63, 3.8) is 0 Å². The molecule has 0 heterocycles. The molecule has 0 radical (unpaired) electrons. The van der Waals surface area contributed by atoms with Crippen LogP contribution in [0.3, 0.4) is 0 Å². The van der Waals surface area contributed by atoms with Crippen molar-refractivity contribution in [3.05, 3.63) is 63.1 Å². The number of carbonyl (C=O) groups excluding carboxylic acids is 2. The maximum absolute atomic E-state index is 14.3. The molecular formula is C21H16Cl5F2NO2. The van der Waals surface area contributed by atoms with E-state index in [0.29, 0.717) is 24.3 Å². The number of anilines is 1. The molecule has 2 aromatic carbocycles. The van der Waals surface area contributed by atoms with Crippen LogP contribution >= 0.6 is 58.0 Å². The highest BCUT2D eigenvalue weighted by molar-refractivity contribution is 6.53. The molecule has 3 rings (SSSR count). The first-order chi connectivity index (χ1) is 14.6. The standard InChI is InChI=1S/C21H16Cl5F2NO2/c22-6-2-1-3-16(30)12-8-11(9-14(24)19(12)28)29-20(31)18-17(21(18,25)26)10-4-5-15(27)13(23)7-10/h4-5,7-9,17-18H,1-3,6H2,(H,29,31). The summed E-state index contributed by atoms with van der Waals surface area (Å²) in [5.74, 6) is -3.57. The van der Waals surface area contributed by atoms with Gasteiger partial charge >= 0.3 is 0 Å². The highest BCUT2D eigenvalue weighted by Crippen LogP contribution is 2.65. The molecule has 3 nitrogen and oxygen atoms in total. The average molecular weight is 530 g/mol. The minimum atomic E-state index is -1.44. The highest BCUT2D eigenvalue weighted by atomic mass is 35.5. The molecule has 31 heavy (non-hydrogen) atoms. The van der Waals surface area contributed by atoms with Gasteiger partial charge < -0.3 is 5.32 Å². The maximum atomic E-state index is 14.3. The molecule has 0 aliphatic heterocycles. The molecule has 1 N–H and O–H groups in total. The highest BCUT2D eigenvalue weighted by Gasteiger charge is 2.67. The maximum Gasteiger partial charge on any atom is 0.231 e.